The molecule has 1 aromatic rings. The maximum absolute atomic E-state index is 10.2. The van der Waals surface area contributed by atoms with Crippen LogP contribution in [0.2, 0.25) is 0 Å². The van der Waals surface area contributed by atoms with E-state index in [0.29, 0.717) is 11.5 Å². The van der Waals surface area contributed by atoms with Gasteiger partial charge in [-0.15, -0.1) is 0 Å². The summed E-state index contributed by atoms with van der Waals surface area (Å²) in [7, 11) is 0. The fourth-order valence-electron chi connectivity index (χ4n) is 0.935. The van der Waals surface area contributed by atoms with Crippen molar-refractivity contribution in [1.82, 2.24) is 9.97 Å². The number of rotatable bonds is 3. The van der Waals surface area contributed by atoms with Gasteiger partial charge in [0.25, 0.3) is 0 Å². The summed E-state index contributed by atoms with van der Waals surface area (Å²) >= 11 is 0. The van der Waals surface area contributed by atoms with Crippen LogP contribution in [0.5, 0.6) is 5.88 Å². The first-order valence-corrected chi connectivity index (χ1v) is 3.56. The molecule has 0 saturated heterocycles. The van der Waals surface area contributed by atoms with Crippen LogP contribution < -0.4 is 0 Å². The summed E-state index contributed by atoms with van der Waals surface area (Å²) in [6, 6.07) is 0. The van der Waals surface area contributed by atoms with E-state index in [-0.39, 0.29) is 18.7 Å². The Hall–Kier alpha value is -1.52. The van der Waals surface area contributed by atoms with Crippen molar-refractivity contribution in [3.05, 3.63) is 11.5 Å². The van der Waals surface area contributed by atoms with Crippen molar-refractivity contribution in [2.75, 3.05) is 0 Å². The second-order valence-corrected chi connectivity index (χ2v) is 2.52. The van der Waals surface area contributed by atoms with Crippen LogP contribution in [-0.4, -0.2) is 26.2 Å². The molecule has 5 heteroatoms. The lowest BCUT2D eigenvalue weighted by Crippen LogP contribution is -1.97. The Balaban J connectivity index is 2.62. The summed E-state index contributed by atoms with van der Waals surface area (Å²) in [4.78, 5) is 16.6. The minimum Gasteiger partial charge on any atom is -0.492 e. The molecule has 0 amide bonds. The minimum absolute atomic E-state index is 0.00477. The van der Waals surface area contributed by atoms with Crippen molar-refractivity contribution in [1.29, 1.82) is 0 Å². The van der Waals surface area contributed by atoms with E-state index >= 15 is 0 Å². The summed E-state index contributed by atoms with van der Waals surface area (Å²) in [6.45, 7) is 1.70. The van der Waals surface area contributed by atoms with Gasteiger partial charge in [0.15, 0.2) is 0 Å². The third-order valence-corrected chi connectivity index (χ3v) is 1.46. The number of hydrogen-bond donors (Lipinski definition) is 3. The number of aromatic nitrogens is 2. The van der Waals surface area contributed by atoms with Gasteiger partial charge in [0.05, 0.1) is 12.1 Å². The molecule has 0 radical (unpaired) electrons. The number of H-pyrrole nitrogens is 1. The monoisotopic (exact) mass is 170 g/mol. The van der Waals surface area contributed by atoms with Crippen LogP contribution in [0.3, 0.4) is 0 Å². The van der Waals surface area contributed by atoms with Crippen molar-refractivity contribution in [2.24, 2.45) is 0 Å². The van der Waals surface area contributed by atoms with Gasteiger partial charge in [-0.3, -0.25) is 4.79 Å². The summed E-state index contributed by atoms with van der Waals surface area (Å²) in [5, 5.41) is 17.5. The van der Waals surface area contributed by atoms with Gasteiger partial charge in [0.1, 0.15) is 5.82 Å². The van der Waals surface area contributed by atoms with Gasteiger partial charge in [0.2, 0.25) is 5.88 Å². The first-order chi connectivity index (χ1) is 5.59. The highest BCUT2D eigenvalue weighted by atomic mass is 16.4. The van der Waals surface area contributed by atoms with E-state index in [2.05, 4.69) is 9.97 Å². The summed E-state index contributed by atoms with van der Waals surface area (Å²) in [5.74, 6) is -0.400. The number of nitrogens with one attached hydrogen (secondary N) is 1. The first kappa shape index (κ1) is 8.58. The van der Waals surface area contributed by atoms with E-state index in [1.54, 1.807) is 6.92 Å². The van der Waals surface area contributed by atoms with Gasteiger partial charge in [0, 0.05) is 6.42 Å². The van der Waals surface area contributed by atoms with E-state index in [4.69, 9.17) is 10.2 Å². The molecule has 0 aliphatic rings. The number of imidazole rings is 1. The largest absolute Gasteiger partial charge is 0.492 e. The average Bonchev–Trinajstić information content (AvgIpc) is 2.26. The van der Waals surface area contributed by atoms with E-state index in [1.165, 1.54) is 0 Å². The standard InChI is InChI=1S/C7H10N2O3/c1-4-8-5(7(12)9-4)2-3-6(10)11/h12H,2-3H2,1H3,(H,8,9)(H,10,11). The molecule has 1 rings (SSSR count). The third-order valence-electron chi connectivity index (χ3n) is 1.46. The molecule has 0 bridgehead atoms. The van der Waals surface area contributed by atoms with E-state index in [0.717, 1.165) is 0 Å². The van der Waals surface area contributed by atoms with E-state index < -0.39 is 5.97 Å². The number of hydrogen-bond acceptors (Lipinski definition) is 3. The highest BCUT2D eigenvalue weighted by molar-refractivity contribution is 5.67. The van der Waals surface area contributed by atoms with Crippen molar-refractivity contribution in [2.45, 2.75) is 19.8 Å². The molecule has 0 saturated carbocycles. The molecule has 0 spiro atoms. The predicted molar refractivity (Wildman–Crippen MR) is 40.9 cm³/mol. The first-order valence-electron chi connectivity index (χ1n) is 3.56. The summed E-state index contributed by atoms with van der Waals surface area (Å²) in [6.07, 6.45) is 0.275. The molecule has 0 aliphatic heterocycles. The quantitative estimate of drug-likeness (QED) is 0.614. The molecule has 0 aromatic carbocycles. The Bertz CT molecular complexity index is 293. The third kappa shape index (κ3) is 1.98. The zero-order valence-electron chi connectivity index (χ0n) is 6.66. The van der Waals surface area contributed by atoms with Gasteiger partial charge in [-0.05, 0) is 6.92 Å². The molecule has 1 heterocycles. The van der Waals surface area contributed by atoms with Gasteiger partial charge in [-0.1, -0.05) is 0 Å². The fraction of sp³-hybridized carbons (Fsp3) is 0.429. The summed E-state index contributed by atoms with van der Waals surface area (Å²) < 4.78 is 0. The van der Waals surface area contributed by atoms with Crippen molar-refractivity contribution >= 4 is 5.97 Å². The molecule has 5 nitrogen and oxygen atoms in total. The Morgan fingerprint density at radius 3 is 2.75 bits per heavy atom. The summed E-state index contributed by atoms with van der Waals surface area (Å²) in [5.41, 5.74) is 0.481. The Morgan fingerprint density at radius 2 is 2.33 bits per heavy atom. The zero-order valence-corrected chi connectivity index (χ0v) is 6.66. The smallest absolute Gasteiger partial charge is 0.303 e. The fourth-order valence-corrected chi connectivity index (χ4v) is 0.935. The molecule has 1 aromatic heterocycles. The van der Waals surface area contributed by atoms with Crippen molar-refractivity contribution in [3.8, 4) is 5.88 Å². The molecule has 12 heavy (non-hydrogen) atoms. The molecule has 0 fully saturated rings. The number of carboxylic acids is 1. The van der Waals surface area contributed by atoms with Crippen molar-refractivity contribution < 1.29 is 15.0 Å². The van der Waals surface area contributed by atoms with Crippen LogP contribution in [0.15, 0.2) is 0 Å². The maximum atomic E-state index is 10.2. The second kappa shape index (κ2) is 3.25. The average molecular weight is 170 g/mol. The second-order valence-electron chi connectivity index (χ2n) is 2.52. The number of aromatic amines is 1. The van der Waals surface area contributed by atoms with Crippen LogP contribution in [-0.2, 0) is 11.2 Å². The Morgan fingerprint density at radius 1 is 1.67 bits per heavy atom. The number of nitrogens with zero attached hydrogens (tertiary/aromatic N) is 1. The molecular weight excluding hydrogens is 160 g/mol. The highest BCUT2D eigenvalue weighted by Gasteiger charge is 2.07. The zero-order chi connectivity index (χ0) is 9.14. The van der Waals surface area contributed by atoms with E-state index in [9.17, 15) is 4.79 Å². The Labute approximate surface area is 69.1 Å². The SMILES string of the molecule is Cc1nc(O)c(CCC(=O)O)[nH]1. The number of aliphatic carboxylic acids is 1. The topological polar surface area (TPSA) is 86.2 Å². The number of carbonyl (C=O) groups is 1. The van der Waals surface area contributed by atoms with Crippen LogP contribution in [0, 0.1) is 6.92 Å². The molecule has 66 valence electrons. The predicted octanol–water partition coefficient (Wildman–Crippen LogP) is 0.441. The number of aryl methyl sites for hydroxylation is 2. The molecule has 0 aliphatic carbocycles. The molecule has 0 unspecified atom stereocenters. The lowest BCUT2D eigenvalue weighted by atomic mass is 10.2. The van der Waals surface area contributed by atoms with Crippen molar-refractivity contribution in [3.63, 3.8) is 0 Å². The van der Waals surface area contributed by atoms with Crippen LogP contribution >= 0.6 is 0 Å². The van der Waals surface area contributed by atoms with Gasteiger partial charge in [-0.25, -0.2) is 0 Å². The highest BCUT2D eigenvalue weighted by Crippen LogP contribution is 2.14. The number of carboxylic acid groups (broad SMARTS) is 1. The minimum atomic E-state index is -0.887. The molecule has 3 N–H and O–H groups in total. The van der Waals surface area contributed by atoms with E-state index in [1.807, 2.05) is 0 Å². The van der Waals surface area contributed by atoms with Crippen LogP contribution in [0.1, 0.15) is 17.9 Å². The van der Waals surface area contributed by atoms with Gasteiger partial charge >= 0.3 is 5.97 Å². The van der Waals surface area contributed by atoms with Gasteiger partial charge in [-0.2, -0.15) is 4.98 Å². The number of aromatic hydroxyl groups is 1. The Kier molecular flexibility index (Phi) is 2.32. The maximum Gasteiger partial charge on any atom is 0.303 e. The van der Waals surface area contributed by atoms with Crippen LogP contribution in [0.4, 0.5) is 0 Å². The van der Waals surface area contributed by atoms with Crippen LogP contribution in [0.25, 0.3) is 0 Å². The van der Waals surface area contributed by atoms with Gasteiger partial charge < -0.3 is 15.2 Å². The normalized spacial score (nSPS) is 10.1. The molecular formula is C7H10N2O3. The lowest BCUT2D eigenvalue weighted by molar-refractivity contribution is -0.136. The lowest BCUT2D eigenvalue weighted by Gasteiger charge is -1.92. The molecule has 0 atom stereocenters.